The Hall–Kier alpha value is -0.160. The second-order valence-electron chi connectivity index (χ2n) is 1.85. The van der Waals surface area contributed by atoms with Gasteiger partial charge in [-0.25, -0.2) is 4.90 Å². The van der Waals surface area contributed by atoms with E-state index in [-0.39, 0.29) is 19.6 Å². The van der Waals surface area contributed by atoms with Crippen LogP contribution in [0.2, 0.25) is 0 Å². The van der Waals surface area contributed by atoms with E-state index in [0.29, 0.717) is 0 Å². The first-order chi connectivity index (χ1) is 4.26. The molecule has 4 heteroatoms. The molecule has 1 atom stereocenters. The number of aliphatic hydroxyl groups is 2. The molecule has 0 fully saturated rings. The standard InChI is InChI=1S/C5H14N2O2/c1-2-5(6)7(3-8)4-9/h5,8-9H,2-4,6H2,1H3. The minimum Gasteiger partial charge on any atom is -0.381 e. The van der Waals surface area contributed by atoms with Gasteiger partial charge in [0.15, 0.2) is 0 Å². The normalized spacial score (nSPS) is 14.3. The maximum Gasteiger partial charge on any atom is 0.0987 e. The van der Waals surface area contributed by atoms with Gasteiger partial charge in [0, 0.05) is 0 Å². The van der Waals surface area contributed by atoms with Crippen LogP contribution in [0.5, 0.6) is 0 Å². The SMILES string of the molecule is CCC(N)N(CO)CO. The van der Waals surface area contributed by atoms with E-state index in [9.17, 15) is 0 Å². The van der Waals surface area contributed by atoms with E-state index in [0.717, 1.165) is 6.42 Å². The van der Waals surface area contributed by atoms with Crippen molar-refractivity contribution in [3.63, 3.8) is 0 Å². The number of hydrogen-bond acceptors (Lipinski definition) is 4. The van der Waals surface area contributed by atoms with Gasteiger partial charge in [0.25, 0.3) is 0 Å². The Morgan fingerprint density at radius 1 is 1.44 bits per heavy atom. The van der Waals surface area contributed by atoms with E-state index in [4.69, 9.17) is 15.9 Å². The van der Waals surface area contributed by atoms with Crippen LogP contribution in [0.25, 0.3) is 0 Å². The summed E-state index contributed by atoms with van der Waals surface area (Å²) < 4.78 is 0. The molecule has 0 radical (unpaired) electrons. The average Bonchev–Trinajstić information content (AvgIpc) is 1.90. The smallest absolute Gasteiger partial charge is 0.0987 e. The second-order valence-corrected chi connectivity index (χ2v) is 1.85. The zero-order valence-corrected chi connectivity index (χ0v) is 5.62. The van der Waals surface area contributed by atoms with Crippen molar-refractivity contribution in [2.75, 3.05) is 13.5 Å². The summed E-state index contributed by atoms with van der Waals surface area (Å²) in [6.07, 6.45) is 0.487. The molecule has 0 heterocycles. The van der Waals surface area contributed by atoms with E-state index in [1.54, 1.807) is 0 Å². The van der Waals surface area contributed by atoms with Gasteiger partial charge in [0.2, 0.25) is 0 Å². The van der Waals surface area contributed by atoms with Crippen LogP contribution in [0.3, 0.4) is 0 Å². The lowest BCUT2D eigenvalue weighted by Crippen LogP contribution is -2.42. The number of hydrogen-bond donors (Lipinski definition) is 3. The molecule has 1 unspecified atom stereocenters. The fraction of sp³-hybridized carbons (Fsp3) is 1.00. The quantitative estimate of drug-likeness (QED) is 0.426. The maximum atomic E-state index is 8.51. The molecule has 0 amide bonds. The van der Waals surface area contributed by atoms with Crippen molar-refractivity contribution >= 4 is 0 Å². The summed E-state index contributed by atoms with van der Waals surface area (Å²) >= 11 is 0. The van der Waals surface area contributed by atoms with Gasteiger partial charge in [-0.15, -0.1) is 0 Å². The van der Waals surface area contributed by atoms with Gasteiger partial charge in [-0.2, -0.15) is 0 Å². The molecule has 0 saturated carbocycles. The van der Waals surface area contributed by atoms with E-state index in [1.807, 2.05) is 6.92 Å². The Morgan fingerprint density at radius 3 is 2.00 bits per heavy atom. The van der Waals surface area contributed by atoms with E-state index < -0.39 is 0 Å². The Labute approximate surface area is 54.9 Å². The van der Waals surface area contributed by atoms with Gasteiger partial charge in [-0.1, -0.05) is 6.92 Å². The summed E-state index contributed by atoms with van der Waals surface area (Å²) in [4.78, 5) is 1.36. The van der Waals surface area contributed by atoms with Crippen molar-refractivity contribution < 1.29 is 10.2 Å². The van der Waals surface area contributed by atoms with Crippen LogP contribution < -0.4 is 5.73 Å². The summed E-state index contributed by atoms with van der Waals surface area (Å²) in [5.41, 5.74) is 5.44. The molecule has 0 aromatic carbocycles. The summed E-state index contributed by atoms with van der Waals surface area (Å²) in [6.45, 7) is 1.51. The average molecular weight is 134 g/mol. The van der Waals surface area contributed by atoms with Crippen molar-refractivity contribution in [3.8, 4) is 0 Å². The summed E-state index contributed by atoms with van der Waals surface area (Å²) in [5, 5.41) is 17.0. The largest absolute Gasteiger partial charge is 0.381 e. The van der Waals surface area contributed by atoms with Crippen LogP contribution >= 0.6 is 0 Å². The zero-order chi connectivity index (χ0) is 7.28. The second kappa shape index (κ2) is 4.69. The molecule has 0 aliphatic rings. The minimum absolute atomic E-state index is 0.189. The molecule has 0 bridgehead atoms. The third-order valence-corrected chi connectivity index (χ3v) is 1.25. The highest BCUT2D eigenvalue weighted by molar-refractivity contribution is 4.54. The highest BCUT2D eigenvalue weighted by atomic mass is 16.3. The van der Waals surface area contributed by atoms with Crippen molar-refractivity contribution in [1.29, 1.82) is 0 Å². The van der Waals surface area contributed by atoms with Gasteiger partial charge in [-0.05, 0) is 6.42 Å². The monoisotopic (exact) mass is 134 g/mol. The van der Waals surface area contributed by atoms with Crippen LogP contribution in [0.1, 0.15) is 13.3 Å². The third-order valence-electron chi connectivity index (χ3n) is 1.25. The Balaban J connectivity index is 3.50. The van der Waals surface area contributed by atoms with Crippen LogP contribution in [-0.4, -0.2) is 34.7 Å². The van der Waals surface area contributed by atoms with Crippen LogP contribution in [0.4, 0.5) is 0 Å². The lowest BCUT2D eigenvalue weighted by Gasteiger charge is -2.22. The topological polar surface area (TPSA) is 69.7 Å². The fourth-order valence-corrected chi connectivity index (χ4v) is 0.513. The van der Waals surface area contributed by atoms with Crippen LogP contribution in [0, 0.1) is 0 Å². The van der Waals surface area contributed by atoms with Crippen LogP contribution in [0.15, 0.2) is 0 Å². The van der Waals surface area contributed by atoms with Crippen molar-refractivity contribution in [2.24, 2.45) is 5.73 Å². The number of aliphatic hydroxyl groups excluding tert-OH is 2. The molecule has 0 aliphatic heterocycles. The highest BCUT2D eigenvalue weighted by Gasteiger charge is 2.07. The molecule has 4 N–H and O–H groups in total. The fourth-order valence-electron chi connectivity index (χ4n) is 0.513. The molecule has 0 saturated heterocycles. The van der Waals surface area contributed by atoms with Gasteiger partial charge < -0.3 is 15.9 Å². The molecule has 0 spiro atoms. The molecular formula is C5H14N2O2. The molecular weight excluding hydrogens is 120 g/mol. The Kier molecular flexibility index (Phi) is 4.61. The predicted molar refractivity (Wildman–Crippen MR) is 34.3 cm³/mol. The predicted octanol–water partition coefficient (Wildman–Crippen LogP) is -1.12. The lowest BCUT2D eigenvalue weighted by molar-refractivity contribution is -0.00221. The highest BCUT2D eigenvalue weighted by Crippen LogP contribution is 1.92. The molecule has 56 valence electrons. The lowest BCUT2D eigenvalue weighted by atomic mass is 10.4. The first kappa shape index (κ1) is 8.84. The minimum atomic E-state index is -0.236. The number of nitrogens with zero attached hydrogens (tertiary/aromatic N) is 1. The van der Waals surface area contributed by atoms with Gasteiger partial charge in [0.1, 0.15) is 0 Å². The molecule has 0 aromatic heterocycles. The van der Waals surface area contributed by atoms with Crippen molar-refractivity contribution in [3.05, 3.63) is 0 Å². The number of rotatable bonds is 4. The van der Waals surface area contributed by atoms with Gasteiger partial charge in [-0.3, -0.25) is 0 Å². The summed E-state index contributed by atoms with van der Waals surface area (Å²) in [6, 6.07) is 0. The summed E-state index contributed by atoms with van der Waals surface area (Å²) in [5.74, 6) is 0. The van der Waals surface area contributed by atoms with Crippen LogP contribution in [-0.2, 0) is 0 Å². The first-order valence-corrected chi connectivity index (χ1v) is 2.97. The third kappa shape index (κ3) is 2.76. The van der Waals surface area contributed by atoms with Gasteiger partial charge in [0.05, 0.1) is 19.6 Å². The molecule has 9 heavy (non-hydrogen) atoms. The Morgan fingerprint density at radius 2 is 1.89 bits per heavy atom. The van der Waals surface area contributed by atoms with E-state index in [1.165, 1.54) is 4.90 Å². The first-order valence-electron chi connectivity index (χ1n) is 2.97. The van der Waals surface area contributed by atoms with Crippen molar-refractivity contribution in [1.82, 2.24) is 4.90 Å². The van der Waals surface area contributed by atoms with Gasteiger partial charge >= 0.3 is 0 Å². The van der Waals surface area contributed by atoms with E-state index in [2.05, 4.69) is 0 Å². The van der Waals surface area contributed by atoms with E-state index >= 15 is 0 Å². The zero-order valence-electron chi connectivity index (χ0n) is 5.62. The molecule has 0 rings (SSSR count). The molecule has 4 nitrogen and oxygen atoms in total. The molecule has 0 aliphatic carbocycles. The molecule has 0 aromatic rings. The van der Waals surface area contributed by atoms with Crippen molar-refractivity contribution in [2.45, 2.75) is 19.5 Å². The summed E-state index contributed by atoms with van der Waals surface area (Å²) in [7, 11) is 0. The number of nitrogens with two attached hydrogens (primary N) is 1. The maximum absolute atomic E-state index is 8.51. The Bertz CT molecular complexity index is 66.0.